The molecule has 1 aliphatic rings. The van der Waals surface area contributed by atoms with Crippen LogP contribution in [0.5, 0.6) is 0 Å². The maximum Gasteiger partial charge on any atom is 0.203 e. The van der Waals surface area contributed by atoms with Gasteiger partial charge in [-0.25, -0.2) is 4.98 Å². The van der Waals surface area contributed by atoms with E-state index >= 15 is 0 Å². The van der Waals surface area contributed by atoms with Gasteiger partial charge in [0, 0.05) is 18.2 Å². The molecule has 2 heterocycles. The zero-order valence-electron chi connectivity index (χ0n) is 13.7. The lowest BCUT2D eigenvalue weighted by atomic mass is 9.93. The van der Waals surface area contributed by atoms with Gasteiger partial charge >= 0.3 is 0 Å². The van der Waals surface area contributed by atoms with Crippen molar-refractivity contribution in [3.8, 4) is 0 Å². The number of anilines is 1. The summed E-state index contributed by atoms with van der Waals surface area (Å²) in [4.78, 5) is 4.79. The minimum absolute atomic E-state index is 0.0992. The van der Waals surface area contributed by atoms with Crippen LogP contribution in [-0.2, 0) is 12.0 Å². The van der Waals surface area contributed by atoms with E-state index in [1.54, 1.807) is 0 Å². The third kappa shape index (κ3) is 2.69. The molecule has 21 heavy (non-hydrogen) atoms. The van der Waals surface area contributed by atoms with Crippen molar-refractivity contribution in [2.24, 2.45) is 0 Å². The van der Waals surface area contributed by atoms with E-state index in [4.69, 9.17) is 4.98 Å². The van der Waals surface area contributed by atoms with Crippen molar-refractivity contribution in [2.45, 2.75) is 59.0 Å². The topological polar surface area (TPSA) is 29.9 Å². The average molecular weight is 283 g/mol. The largest absolute Gasteiger partial charge is 0.349 e. The normalized spacial score (nSPS) is 18.2. The van der Waals surface area contributed by atoms with Crippen molar-refractivity contribution < 1.29 is 0 Å². The lowest BCUT2D eigenvalue weighted by Crippen LogP contribution is -2.22. The second-order valence-corrected chi connectivity index (χ2v) is 7.22. The molecule has 1 unspecified atom stereocenters. The molecule has 3 heteroatoms. The summed E-state index contributed by atoms with van der Waals surface area (Å²) in [6, 6.07) is 7.13. The Morgan fingerprint density at radius 2 is 1.95 bits per heavy atom. The van der Waals surface area contributed by atoms with E-state index in [-0.39, 0.29) is 5.41 Å². The van der Waals surface area contributed by atoms with E-state index in [1.807, 2.05) is 0 Å². The maximum absolute atomic E-state index is 4.79. The molecule has 0 amide bonds. The van der Waals surface area contributed by atoms with Crippen molar-refractivity contribution in [1.82, 2.24) is 9.55 Å². The number of nitrogens with one attached hydrogen (secondary N) is 1. The fourth-order valence-corrected chi connectivity index (χ4v) is 2.79. The van der Waals surface area contributed by atoms with Crippen molar-refractivity contribution in [3.05, 3.63) is 46.8 Å². The molecule has 1 atom stereocenters. The van der Waals surface area contributed by atoms with Gasteiger partial charge in [-0.05, 0) is 37.0 Å². The highest BCUT2D eigenvalue weighted by molar-refractivity contribution is 5.40. The molecule has 3 nitrogen and oxygen atoms in total. The molecule has 3 rings (SSSR count). The summed E-state index contributed by atoms with van der Waals surface area (Å²) >= 11 is 0. The molecule has 0 saturated heterocycles. The fourth-order valence-electron chi connectivity index (χ4n) is 2.79. The third-order valence-corrected chi connectivity index (χ3v) is 4.44. The Bertz CT molecular complexity index is 662. The first kappa shape index (κ1) is 14.2. The summed E-state index contributed by atoms with van der Waals surface area (Å²) in [7, 11) is 0. The summed E-state index contributed by atoms with van der Waals surface area (Å²) in [6.07, 6.45) is 3.30. The number of rotatable bonds is 1. The third-order valence-electron chi connectivity index (χ3n) is 4.44. The number of nitrogens with zero attached hydrogens (tertiary/aromatic N) is 2. The van der Waals surface area contributed by atoms with Gasteiger partial charge in [0.05, 0.1) is 11.7 Å². The molecule has 2 aromatic rings. The van der Waals surface area contributed by atoms with Crippen molar-refractivity contribution >= 4 is 5.95 Å². The van der Waals surface area contributed by atoms with Crippen LogP contribution >= 0.6 is 0 Å². The number of aromatic nitrogens is 2. The Morgan fingerprint density at radius 1 is 1.19 bits per heavy atom. The summed E-state index contributed by atoms with van der Waals surface area (Å²) in [5, 5.41) is 3.60. The van der Waals surface area contributed by atoms with Gasteiger partial charge in [-0.15, -0.1) is 0 Å². The molecule has 0 fully saturated rings. The molecule has 1 N–H and O–H groups in total. The van der Waals surface area contributed by atoms with Gasteiger partial charge in [0.1, 0.15) is 0 Å². The number of fused-ring (bicyclic) bond motifs is 1. The second kappa shape index (κ2) is 4.90. The SMILES string of the molecule is Cc1ccc(C2CCn3cc(C(C)(C)C)nc3N2)cc1C. The van der Waals surface area contributed by atoms with Gasteiger partial charge in [-0.3, -0.25) is 0 Å². The van der Waals surface area contributed by atoms with Crippen LogP contribution in [0.3, 0.4) is 0 Å². The van der Waals surface area contributed by atoms with Gasteiger partial charge in [0.2, 0.25) is 5.95 Å². The van der Waals surface area contributed by atoms with E-state index in [2.05, 4.69) is 68.9 Å². The Morgan fingerprint density at radius 3 is 2.62 bits per heavy atom. The predicted molar refractivity (Wildman–Crippen MR) is 87.8 cm³/mol. The first-order valence-corrected chi connectivity index (χ1v) is 7.76. The van der Waals surface area contributed by atoms with Gasteiger partial charge in [-0.1, -0.05) is 39.0 Å². The van der Waals surface area contributed by atoms with E-state index in [1.165, 1.54) is 16.7 Å². The Balaban J connectivity index is 1.87. The minimum atomic E-state index is 0.0992. The van der Waals surface area contributed by atoms with Crippen LogP contribution in [-0.4, -0.2) is 9.55 Å². The molecule has 0 aliphatic carbocycles. The van der Waals surface area contributed by atoms with Crippen LogP contribution in [0.25, 0.3) is 0 Å². The van der Waals surface area contributed by atoms with E-state index < -0.39 is 0 Å². The number of imidazole rings is 1. The molecule has 1 aliphatic heterocycles. The standard InChI is InChI=1S/C18H25N3/c1-12-6-7-14(10-13(12)2)15-8-9-21-11-16(18(3,4)5)20-17(21)19-15/h6-7,10-11,15H,8-9H2,1-5H3,(H,19,20). The van der Waals surface area contributed by atoms with Gasteiger partial charge < -0.3 is 9.88 Å². The zero-order valence-corrected chi connectivity index (χ0v) is 13.7. The molecule has 0 bridgehead atoms. The average Bonchev–Trinajstić information content (AvgIpc) is 2.85. The molecule has 0 spiro atoms. The van der Waals surface area contributed by atoms with Crippen molar-refractivity contribution in [2.75, 3.05) is 5.32 Å². The zero-order chi connectivity index (χ0) is 15.2. The Labute approximate surface area is 127 Å². The molecular weight excluding hydrogens is 258 g/mol. The van der Waals surface area contributed by atoms with E-state index in [9.17, 15) is 0 Å². The van der Waals surface area contributed by atoms with Crippen LogP contribution in [0.2, 0.25) is 0 Å². The summed E-state index contributed by atoms with van der Waals surface area (Å²) in [5.41, 5.74) is 5.34. The second-order valence-electron chi connectivity index (χ2n) is 7.22. The molecule has 1 aromatic heterocycles. The highest BCUT2D eigenvalue weighted by atomic mass is 15.2. The van der Waals surface area contributed by atoms with E-state index in [0.717, 1.165) is 24.6 Å². The minimum Gasteiger partial charge on any atom is -0.349 e. The highest BCUT2D eigenvalue weighted by Gasteiger charge is 2.25. The molecule has 0 saturated carbocycles. The van der Waals surface area contributed by atoms with Gasteiger partial charge in [-0.2, -0.15) is 0 Å². The smallest absolute Gasteiger partial charge is 0.203 e. The number of hydrogen-bond acceptors (Lipinski definition) is 2. The Kier molecular flexibility index (Phi) is 3.31. The predicted octanol–water partition coefficient (Wildman–Crippen LogP) is 4.35. The molecule has 0 radical (unpaired) electrons. The Hall–Kier alpha value is -1.77. The van der Waals surface area contributed by atoms with Gasteiger partial charge in [0.15, 0.2) is 0 Å². The van der Waals surface area contributed by atoms with Crippen LogP contribution < -0.4 is 5.32 Å². The van der Waals surface area contributed by atoms with Crippen LogP contribution in [0.4, 0.5) is 5.95 Å². The van der Waals surface area contributed by atoms with Crippen LogP contribution in [0.15, 0.2) is 24.4 Å². The fraction of sp³-hybridized carbons (Fsp3) is 0.500. The maximum atomic E-state index is 4.79. The van der Waals surface area contributed by atoms with Gasteiger partial charge in [0.25, 0.3) is 0 Å². The summed E-state index contributed by atoms with van der Waals surface area (Å²) in [5.74, 6) is 1.01. The van der Waals surface area contributed by atoms with Crippen molar-refractivity contribution in [3.63, 3.8) is 0 Å². The van der Waals surface area contributed by atoms with Crippen LogP contribution in [0.1, 0.15) is 55.6 Å². The van der Waals surface area contributed by atoms with E-state index in [0.29, 0.717) is 6.04 Å². The molecular formula is C18H25N3. The van der Waals surface area contributed by atoms with Crippen molar-refractivity contribution in [1.29, 1.82) is 0 Å². The molecule has 1 aromatic carbocycles. The monoisotopic (exact) mass is 283 g/mol. The lowest BCUT2D eigenvalue weighted by Gasteiger charge is -2.26. The number of hydrogen-bond donors (Lipinski definition) is 1. The summed E-state index contributed by atoms with van der Waals surface area (Å²) < 4.78 is 2.25. The number of benzene rings is 1. The lowest BCUT2D eigenvalue weighted by molar-refractivity contribution is 0.540. The first-order valence-electron chi connectivity index (χ1n) is 7.76. The first-order chi connectivity index (χ1) is 9.84. The van der Waals surface area contributed by atoms with Crippen LogP contribution in [0, 0.1) is 13.8 Å². The number of aryl methyl sites for hydroxylation is 3. The quantitative estimate of drug-likeness (QED) is 0.843. The summed E-state index contributed by atoms with van der Waals surface area (Å²) in [6.45, 7) is 12.0. The highest BCUT2D eigenvalue weighted by Crippen LogP contribution is 2.31. The molecule has 112 valence electrons.